The highest BCUT2D eigenvalue weighted by atomic mass is 32.2. The second-order valence-corrected chi connectivity index (χ2v) is 12.0. The number of hydrazine groups is 1. The van der Waals surface area contributed by atoms with Gasteiger partial charge < -0.3 is 10.5 Å². The highest BCUT2D eigenvalue weighted by Crippen LogP contribution is 2.33. The van der Waals surface area contributed by atoms with Crippen LogP contribution >= 0.6 is 0 Å². The van der Waals surface area contributed by atoms with Crippen LogP contribution in [0.4, 0.5) is 4.39 Å². The third-order valence-electron chi connectivity index (χ3n) is 6.09. The Morgan fingerprint density at radius 1 is 1.30 bits per heavy atom. The van der Waals surface area contributed by atoms with Crippen molar-refractivity contribution >= 4 is 21.2 Å². The van der Waals surface area contributed by atoms with E-state index in [-0.39, 0.29) is 29.2 Å². The van der Waals surface area contributed by atoms with E-state index in [4.69, 9.17) is 15.5 Å². The van der Waals surface area contributed by atoms with Crippen LogP contribution in [0.25, 0.3) is 5.70 Å². The molecule has 2 aliphatic carbocycles. The van der Waals surface area contributed by atoms with Crippen LogP contribution < -0.4 is 15.9 Å². The van der Waals surface area contributed by atoms with Crippen LogP contribution in [0.3, 0.4) is 0 Å². The van der Waals surface area contributed by atoms with Gasteiger partial charge in [-0.2, -0.15) is 0 Å². The van der Waals surface area contributed by atoms with Gasteiger partial charge in [0.25, 0.3) is 0 Å². The quantitative estimate of drug-likeness (QED) is 0.459. The molecule has 8 nitrogen and oxygen atoms in total. The van der Waals surface area contributed by atoms with E-state index < -0.39 is 27.2 Å². The number of nitrogens with two attached hydrogens (primary N) is 1. The van der Waals surface area contributed by atoms with Gasteiger partial charge in [-0.1, -0.05) is 0 Å². The fourth-order valence-corrected chi connectivity index (χ4v) is 6.50. The minimum absolute atomic E-state index is 0.0294. The van der Waals surface area contributed by atoms with Crippen molar-refractivity contribution in [3.63, 3.8) is 0 Å². The number of allylic oxidation sites excluding steroid dienone is 1. The van der Waals surface area contributed by atoms with E-state index in [1.54, 1.807) is 19.1 Å². The first-order chi connectivity index (χ1) is 15.4. The Morgan fingerprint density at radius 2 is 2.00 bits per heavy atom. The second kappa shape index (κ2) is 8.70. The van der Waals surface area contributed by atoms with E-state index in [1.165, 1.54) is 6.07 Å². The normalized spacial score (nSPS) is 26.6. The molecule has 3 N–H and O–H groups in total. The Kier molecular flexibility index (Phi) is 6.24. The van der Waals surface area contributed by atoms with E-state index in [0.717, 1.165) is 23.3 Å². The van der Waals surface area contributed by atoms with Crippen molar-refractivity contribution in [1.29, 1.82) is 0 Å². The molecule has 180 valence electrons. The Balaban J connectivity index is 1.56. The maximum Gasteiger partial charge on any atom is 0.240 e. The van der Waals surface area contributed by atoms with E-state index in [1.807, 2.05) is 13.8 Å². The number of hydrogen-bond acceptors (Lipinski definition) is 6. The highest BCUT2D eigenvalue weighted by Gasteiger charge is 2.50. The lowest BCUT2D eigenvalue weighted by atomic mass is 9.86. The summed E-state index contributed by atoms with van der Waals surface area (Å²) in [6.45, 7) is 5.60. The summed E-state index contributed by atoms with van der Waals surface area (Å²) in [6, 6.07) is 4.15. The van der Waals surface area contributed by atoms with Crippen LogP contribution in [0.1, 0.15) is 58.4 Å². The largest absolute Gasteiger partial charge is 0.490 e. The lowest BCUT2D eigenvalue weighted by Gasteiger charge is -2.35. The summed E-state index contributed by atoms with van der Waals surface area (Å²) >= 11 is 0. The zero-order valence-electron chi connectivity index (χ0n) is 19.3. The standard InChI is InChI=1S/C23H32FN4O4S/c1-14(2)26-21-10-15(28(29)27-23(3)12-33(30,31)13-23)4-8-18(21)22(25)19-11-17(7-9-20(19)24)32-16-5-6-16/h7,9,11,14-16H,4-6,8,10,12-13,25H2,1-3H3,(H,27,29)/q+1/b22-18-,26-21?/t15-/m1/s1. The molecular weight excluding hydrogens is 447 g/mol. The molecule has 1 saturated heterocycles. The fourth-order valence-electron chi connectivity index (χ4n) is 4.51. The summed E-state index contributed by atoms with van der Waals surface area (Å²) in [6.07, 6.45) is 3.49. The van der Waals surface area contributed by atoms with Gasteiger partial charge in [0, 0.05) is 29.4 Å². The fraction of sp³-hybridized carbons (Fsp3) is 0.609. The lowest BCUT2D eigenvalue weighted by molar-refractivity contribution is -0.650. The van der Waals surface area contributed by atoms with E-state index in [2.05, 4.69) is 5.43 Å². The molecule has 0 radical (unpaired) electrons. The van der Waals surface area contributed by atoms with Crippen LogP contribution in [0.2, 0.25) is 0 Å². The van der Waals surface area contributed by atoms with Gasteiger partial charge in [0.1, 0.15) is 22.0 Å². The van der Waals surface area contributed by atoms with E-state index in [0.29, 0.717) is 36.4 Å². The highest BCUT2D eigenvalue weighted by molar-refractivity contribution is 7.93. The molecule has 1 aromatic rings. The molecule has 1 atom stereocenters. The van der Waals surface area contributed by atoms with Crippen LogP contribution in [0, 0.1) is 10.7 Å². The summed E-state index contributed by atoms with van der Waals surface area (Å²) in [7, 11) is -3.08. The molecule has 3 aliphatic rings. The predicted molar refractivity (Wildman–Crippen MR) is 125 cm³/mol. The van der Waals surface area contributed by atoms with Gasteiger partial charge in [0.2, 0.25) is 6.04 Å². The number of aliphatic imine (C=N–C) groups is 1. The Morgan fingerprint density at radius 3 is 2.61 bits per heavy atom. The predicted octanol–water partition coefficient (Wildman–Crippen LogP) is 2.91. The molecule has 0 bridgehead atoms. The molecule has 0 amide bonds. The summed E-state index contributed by atoms with van der Waals surface area (Å²) in [5, 5.41) is 0. The van der Waals surface area contributed by atoms with Crippen LogP contribution in [0.15, 0.2) is 28.8 Å². The zero-order chi connectivity index (χ0) is 24.0. The first-order valence-corrected chi connectivity index (χ1v) is 13.2. The summed E-state index contributed by atoms with van der Waals surface area (Å²) in [5.41, 5.74) is 10.6. The maximum atomic E-state index is 14.7. The average molecular weight is 480 g/mol. The number of nitroso groups, excluding NO2 is 1. The molecule has 33 heavy (non-hydrogen) atoms. The van der Waals surface area contributed by atoms with Crippen molar-refractivity contribution in [3.8, 4) is 5.75 Å². The Hall–Kier alpha value is -2.49. The number of hydrogen-bond donors (Lipinski definition) is 2. The van der Waals surface area contributed by atoms with Gasteiger partial charge >= 0.3 is 0 Å². The average Bonchev–Trinajstić information content (AvgIpc) is 3.50. The van der Waals surface area contributed by atoms with Crippen LogP contribution in [-0.2, 0) is 9.84 Å². The van der Waals surface area contributed by atoms with Crippen LogP contribution in [-0.4, -0.2) is 54.2 Å². The number of nitrogens with zero attached hydrogens (tertiary/aromatic N) is 2. The number of benzene rings is 1. The van der Waals surface area contributed by atoms with Gasteiger partial charge in [-0.25, -0.2) is 12.8 Å². The molecule has 4 rings (SSSR count). The SMILES string of the molecule is CC(C)N=C1C[C@H]([N+](=O)NC2(C)CS(=O)(=O)C2)CC/C1=C(/N)c1cc(OC2CC2)ccc1F. The number of nitrogens with one attached hydrogen (secondary N) is 1. The molecule has 10 heteroatoms. The third kappa shape index (κ3) is 5.54. The summed E-state index contributed by atoms with van der Waals surface area (Å²) in [4.78, 5) is 18.3. The number of halogens is 1. The summed E-state index contributed by atoms with van der Waals surface area (Å²) in [5.74, 6) is 0.0388. The van der Waals surface area contributed by atoms with Gasteiger partial charge in [0.15, 0.2) is 9.84 Å². The van der Waals surface area contributed by atoms with Crippen molar-refractivity contribution in [1.82, 2.24) is 5.43 Å². The molecule has 0 aromatic heterocycles. The van der Waals surface area contributed by atoms with Crippen molar-refractivity contribution in [3.05, 3.63) is 40.1 Å². The summed E-state index contributed by atoms with van der Waals surface area (Å²) < 4.78 is 43.6. The second-order valence-electron chi connectivity index (χ2n) is 9.95. The Bertz CT molecular complexity index is 1110. The topological polar surface area (TPSA) is 114 Å². The van der Waals surface area contributed by atoms with Crippen LogP contribution in [0.5, 0.6) is 5.75 Å². The van der Waals surface area contributed by atoms with Gasteiger partial charge in [-0.05, 0) is 63.8 Å². The van der Waals surface area contributed by atoms with Crippen molar-refractivity contribution in [2.24, 2.45) is 10.7 Å². The smallest absolute Gasteiger partial charge is 0.240 e. The van der Waals surface area contributed by atoms with Gasteiger partial charge in [-0.3, -0.25) is 4.99 Å². The van der Waals surface area contributed by atoms with Crippen molar-refractivity contribution in [2.75, 3.05) is 11.5 Å². The zero-order valence-corrected chi connectivity index (χ0v) is 20.1. The molecule has 0 unspecified atom stereocenters. The number of sulfone groups is 1. The molecule has 2 saturated carbocycles. The molecule has 1 heterocycles. The number of ether oxygens (including phenoxy) is 1. The molecule has 0 spiro atoms. The molecule has 1 aliphatic heterocycles. The first kappa shape index (κ1) is 23.7. The third-order valence-corrected chi connectivity index (χ3v) is 8.24. The van der Waals surface area contributed by atoms with Crippen molar-refractivity contribution < 1.29 is 22.4 Å². The van der Waals surface area contributed by atoms with Crippen molar-refractivity contribution in [2.45, 2.75) is 76.6 Å². The van der Waals surface area contributed by atoms with E-state index >= 15 is 0 Å². The molecule has 1 aromatic carbocycles. The maximum absolute atomic E-state index is 14.7. The minimum Gasteiger partial charge on any atom is -0.490 e. The number of rotatable bonds is 7. The molecule has 3 fully saturated rings. The lowest BCUT2D eigenvalue weighted by Crippen LogP contribution is -2.65. The first-order valence-electron chi connectivity index (χ1n) is 11.4. The van der Waals surface area contributed by atoms with E-state index in [9.17, 15) is 17.7 Å². The molecular formula is C23H32FN4O4S+. The monoisotopic (exact) mass is 479 g/mol. The Labute approximate surface area is 193 Å². The van der Waals surface area contributed by atoms with Gasteiger partial charge in [0.05, 0.1) is 28.9 Å². The minimum atomic E-state index is -3.08. The van der Waals surface area contributed by atoms with Gasteiger partial charge in [-0.15, -0.1) is 5.43 Å².